The average Bonchev–Trinajstić information content (AvgIpc) is 3.11. The molecular weight excluding hydrogens is 483 g/mol. The second-order valence-electron chi connectivity index (χ2n) is 9.33. The average molecular weight is 509 g/mol. The molecule has 3 amide bonds. The van der Waals surface area contributed by atoms with Gasteiger partial charge < -0.3 is 15.5 Å². The Morgan fingerprint density at radius 2 is 2.00 bits per heavy atom. The first-order chi connectivity index (χ1) is 16.8. The Balaban J connectivity index is 1.48. The molecule has 2 unspecified atom stereocenters. The van der Waals surface area contributed by atoms with Crippen LogP contribution in [0.25, 0.3) is 0 Å². The van der Waals surface area contributed by atoms with E-state index in [0.29, 0.717) is 35.2 Å². The molecule has 1 fully saturated rings. The lowest BCUT2D eigenvalue weighted by atomic mass is 9.65. The number of likely N-dealkylation sites (tertiary alicyclic amines) is 1. The molecule has 1 saturated heterocycles. The predicted octanol–water partition coefficient (Wildman–Crippen LogP) is 6.07. The van der Waals surface area contributed by atoms with Gasteiger partial charge in [0, 0.05) is 34.5 Å². The van der Waals surface area contributed by atoms with Gasteiger partial charge in [0.25, 0.3) is 0 Å². The molecule has 5 rings (SSSR count). The van der Waals surface area contributed by atoms with Crippen LogP contribution in [0.5, 0.6) is 0 Å². The van der Waals surface area contributed by atoms with Crippen molar-refractivity contribution in [1.82, 2.24) is 9.88 Å². The van der Waals surface area contributed by atoms with Crippen LogP contribution in [0, 0.1) is 12.8 Å². The summed E-state index contributed by atoms with van der Waals surface area (Å²) in [5.74, 6) is -0.149. The molecule has 2 atom stereocenters. The maximum Gasteiger partial charge on any atom is 0.321 e. The van der Waals surface area contributed by atoms with Crippen molar-refractivity contribution < 1.29 is 9.59 Å². The molecule has 3 heterocycles. The second-order valence-corrected chi connectivity index (χ2v) is 10.2. The summed E-state index contributed by atoms with van der Waals surface area (Å²) >= 11 is 12.5. The Morgan fingerprint density at radius 3 is 2.77 bits per heavy atom. The molecule has 35 heavy (non-hydrogen) atoms. The maximum absolute atomic E-state index is 13.7. The molecule has 8 heteroatoms. The quantitative estimate of drug-likeness (QED) is 0.448. The summed E-state index contributed by atoms with van der Waals surface area (Å²) in [6.45, 7) is 2.99. The van der Waals surface area contributed by atoms with Crippen molar-refractivity contribution in [3.8, 4) is 0 Å². The number of amides is 3. The van der Waals surface area contributed by atoms with Crippen molar-refractivity contribution in [3.05, 3.63) is 87.7 Å². The molecule has 2 aliphatic rings. The van der Waals surface area contributed by atoms with Gasteiger partial charge >= 0.3 is 6.03 Å². The molecule has 0 saturated carbocycles. The molecule has 2 N–H and O–H groups in total. The fraction of sp³-hybridized carbons (Fsp3) is 0.296. The number of halogens is 2. The van der Waals surface area contributed by atoms with E-state index in [1.165, 1.54) is 0 Å². The van der Waals surface area contributed by atoms with Gasteiger partial charge in [-0.2, -0.15) is 0 Å². The largest absolute Gasteiger partial charge is 0.325 e. The van der Waals surface area contributed by atoms with E-state index in [0.717, 1.165) is 35.3 Å². The molecule has 180 valence electrons. The highest BCUT2D eigenvalue weighted by atomic mass is 35.5. The summed E-state index contributed by atoms with van der Waals surface area (Å²) in [6, 6.07) is 16.7. The highest BCUT2D eigenvalue weighted by Gasteiger charge is 2.53. The number of hydrogen-bond donors (Lipinski definition) is 2. The number of aryl methyl sites for hydroxylation is 1. The minimum absolute atomic E-state index is 0.0651. The second kappa shape index (κ2) is 9.51. The van der Waals surface area contributed by atoms with Crippen LogP contribution < -0.4 is 10.6 Å². The Hall–Kier alpha value is -3.09. The van der Waals surface area contributed by atoms with Crippen LogP contribution in [0.1, 0.15) is 29.7 Å². The number of pyridine rings is 1. The van der Waals surface area contributed by atoms with Gasteiger partial charge in [0.1, 0.15) is 0 Å². The first-order valence-corrected chi connectivity index (χ1v) is 12.5. The van der Waals surface area contributed by atoms with Crippen LogP contribution in [-0.2, 0) is 16.6 Å². The van der Waals surface area contributed by atoms with Gasteiger partial charge in [-0.25, -0.2) is 4.79 Å². The highest BCUT2D eigenvalue weighted by molar-refractivity contribution is 6.31. The minimum Gasteiger partial charge on any atom is -0.325 e. The van der Waals surface area contributed by atoms with E-state index in [2.05, 4.69) is 15.6 Å². The summed E-state index contributed by atoms with van der Waals surface area (Å²) in [6.07, 6.45) is 3.76. The Morgan fingerprint density at radius 1 is 1.17 bits per heavy atom. The molecule has 0 bridgehead atoms. The molecule has 1 aromatic heterocycles. The number of piperidine rings is 1. The van der Waals surface area contributed by atoms with Crippen molar-refractivity contribution in [2.45, 2.75) is 31.6 Å². The van der Waals surface area contributed by atoms with E-state index in [4.69, 9.17) is 23.2 Å². The van der Waals surface area contributed by atoms with Crippen LogP contribution in [0.2, 0.25) is 10.0 Å². The number of anilines is 2. The van der Waals surface area contributed by atoms with Gasteiger partial charge in [-0.15, -0.1) is 0 Å². The van der Waals surface area contributed by atoms with Crippen molar-refractivity contribution in [2.24, 2.45) is 5.92 Å². The zero-order chi connectivity index (χ0) is 24.6. The van der Waals surface area contributed by atoms with Gasteiger partial charge in [-0.1, -0.05) is 41.4 Å². The smallest absolute Gasteiger partial charge is 0.321 e. The third kappa shape index (κ3) is 4.60. The van der Waals surface area contributed by atoms with E-state index in [-0.39, 0.29) is 17.9 Å². The number of rotatable bonds is 4. The third-order valence-electron chi connectivity index (χ3n) is 7.06. The van der Waals surface area contributed by atoms with Gasteiger partial charge in [-0.05, 0) is 79.6 Å². The standard InChI is InChI=1S/C27H26Cl2N4O2/c1-17-7-9-22(15-30-17)31-26(35)33-11-3-5-19(16-33)27(14-18-4-2-6-20(28)12-18)23-10-8-21(29)13-24(23)32-25(27)34/h2,4,6-10,12-13,15,19H,3,5,11,14,16H2,1H3,(H,31,35)(H,32,34). The zero-order valence-electron chi connectivity index (χ0n) is 19.4. The Kier molecular flexibility index (Phi) is 6.43. The summed E-state index contributed by atoms with van der Waals surface area (Å²) < 4.78 is 0. The summed E-state index contributed by atoms with van der Waals surface area (Å²) in [5, 5.41) is 7.21. The molecule has 0 spiro atoms. The summed E-state index contributed by atoms with van der Waals surface area (Å²) in [7, 11) is 0. The molecule has 3 aromatic rings. The zero-order valence-corrected chi connectivity index (χ0v) is 20.9. The topological polar surface area (TPSA) is 74.3 Å². The van der Waals surface area contributed by atoms with E-state index in [9.17, 15) is 9.59 Å². The van der Waals surface area contributed by atoms with Crippen LogP contribution in [0.15, 0.2) is 60.8 Å². The lowest BCUT2D eigenvalue weighted by molar-refractivity contribution is -0.123. The van der Waals surface area contributed by atoms with Gasteiger partial charge in [0.05, 0.1) is 17.3 Å². The number of carbonyl (C=O) groups is 2. The lowest BCUT2D eigenvalue weighted by Gasteiger charge is -2.42. The number of fused-ring (bicyclic) bond motifs is 1. The van der Waals surface area contributed by atoms with Gasteiger partial charge in [0.15, 0.2) is 0 Å². The van der Waals surface area contributed by atoms with Crippen molar-refractivity contribution in [2.75, 3.05) is 23.7 Å². The van der Waals surface area contributed by atoms with Crippen LogP contribution in [-0.4, -0.2) is 34.9 Å². The number of urea groups is 1. The first-order valence-electron chi connectivity index (χ1n) is 11.7. The van der Waals surface area contributed by atoms with Crippen molar-refractivity contribution in [1.29, 1.82) is 0 Å². The molecule has 6 nitrogen and oxygen atoms in total. The number of hydrogen-bond acceptors (Lipinski definition) is 3. The predicted molar refractivity (Wildman–Crippen MR) is 139 cm³/mol. The Labute approximate surface area is 214 Å². The summed E-state index contributed by atoms with van der Waals surface area (Å²) in [4.78, 5) is 32.9. The van der Waals surface area contributed by atoms with E-state index in [1.807, 2.05) is 55.5 Å². The number of nitrogens with zero attached hydrogens (tertiary/aromatic N) is 2. The van der Waals surface area contributed by atoms with Crippen LogP contribution in [0.4, 0.5) is 16.2 Å². The van der Waals surface area contributed by atoms with E-state index < -0.39 is 5.41 Å². The van der Waals surface area contributed by atoms with Gasteiger partial charge in [-0.3, -0.25) is 9.78 Å². The maximum atomic E-state index is 13.7. The molecule has 0 aliphatic carbocycles. The molecule has 0 radical (unpaired) electrons. The van der Waals surface area contributed by atoms with Crippen LogP contribution in [0.3, 0.4) is 0 Å². The lowest BCUT2D eigenvalue weighted by Crippen LogP contribution is -2.52. The van der Waals surface area contributed by atoms with Crippen LogP contribution >= 0.6 is 23.2 Å². The minimum atomic E-state index is -0.838. The fourth-order valence-electron chi connectivity index (χ4n) is 5.37. The number of carbonyl (C=O) groups excluding carboxylic acids is 2. The molecule has 2 aliphatic heterocycles. The first kappa shape index (κ1) is 23.6. The van der Waals surface area contributed by atoms with E-state index in [1.54, 1.807) is 17.2 Å². The summed E-state index contributed by atoms with van der Waals surface area (Å²) in [5.41, 5.74) is 3.32. The normalized spacial score (nSPS) is 21.4. The number of nitrogens with one attached hydrogen (secondary N) is 2. The fourth-order valence-corrected chi connectivity index (χ4v) is 5.75. The SMILES string of the molecule is Cc1ccc(NC(=O)N2CCCC(C3(Cc4cccc(Cl)c4)C(=O)Nc4cc(Cl)ccc43)C2)cn1. The molecule has 2 aromatic carbocycles. The third-order valence-corrected chi connectivity index (χ3v) is 7.53. The number of benzene rings is 2. The van der Waals surface area contributed by atoms with Crippen molar-refractivity contribution in [3.63, 3.8) is 0 Å². The molecular formula is C27H26Cl2N4O2. The van der Waals surface area contributed by atoms with Gasteiger partial charge in [0.2, 0.25) is 5.91 Å². The highest BCUT2D eigenvalue weighted by Crippen LogP contribution is 2.49. The Bertz CT molecular complexity index is 1280. The number of aromatic nitrogens is 1. The van der Waals surface area contributed by atoms with E-state index >= 15 is 0 Å². The van der Waals surface area contributed by atoms with Crippen molar-refractivity contribution >= 4 is 46.5 Å². The monoisotopic (exact) mass is 508 g/mol.